The molecule has 0 atom stereocenters. The number of rotatable bonds is 6. The Balaban J connectivity index is 1.99. The van der Waals surface area contributed by atoms with Crippen LogP contribution in [0.25, 0.3) is 0 Å². The lowest BCUT2D eigenvalue weighted by atomic mass is 9.70. The molecule has 0 amide bonds. The van der Waals surface area contributed by atoms with Crippen molar-refractivity contribution in [2.75, 3.05) is 23.7 Å². The second-order valence-electron chi connectivity index (χ2n) is 5.64. The summed E-state index contributed by atoms with van der Waals surface area (Å²) in [6.45, 7) is 8.53. The van der Waals surface area contributed by atoms with Crippen LogP contribution >= 0.6 is 0 Å². The lowest BCUT2D eigenvalue weighted by Gasteiger charge is -2.38. The molecule has 18 heavy (non-hydrogen) atoms. The number of hydrogen-bond donors (Lipinski definition) is 2. The summed E-state index contributed by atoms with van der Waals surface area (Å²) in [4.78, 5) is 8.64. The highest BCUT2D eigenvalue weighted by Gasteiger charge is 2.31. The molecular formula is C14H24N4. The Morgan fingerprint density at radius 1 is 1.22 bits per heavy atom. The minimum atomic E-state index is 0.467. The molecule has 1 fully saturated rings. The molecule has 0 bridgehead atoms. The maximum absolute atomic E-state index is 4.35. The highest BCUT2D eigenvalue weighted by molar-refractivity contribution is 5.56. The zero-order valence-corrected chi connectivity index (χ0v) is 11.7. The van der Waals surface area contributed by atoms with Crippen molar-refractivity contribution in [2.45, 2.75) is 46.5 Å². The third kappa shape index (κ3) is 2.92. The van der Waals surface area contributed by atoms with E-state index in [1.165, 1.54) is 19.3 Å². The predicted molar refractivity (Wildman–Crippen MR) is 76.0 cm³/mol. The molecule has 1 saturated carbocycles. The summed E-state index contributed by atoms with van der Waals surface area (Å²) < 4.78 is 0. The zero-order chi connectivity index (χ0) is 13.0. The number of hydrogen-bond acceptors (Lipinski definition) is 4. The Morgan fingerprint density at radius 2 is 1.89 bits per heavy atom. The molecule has 0 saturated heterocycles. The van der Waals surface area contributed by atoms with Gasteiger partial charge in [0.1, 0.15) is 18.0 Å². The first kappa shape index (κ1) is 13.1. The number of aromatic nitrogens is 2. The molecule has 4 nitrogen and oxygen atoms in total. The largest absolute Gasteiger partial charge is 0.370 e. The van der Waals surface area contributed by atoms with Crippen LogP contribution < -0.4 is 10.6 Å². The van der Waals surface area contributed by atoms with Crippen LogP contribution in [0, 0.1) is 12.3 Å². The Bertz CT molecular complexity index is 399. The molecule has 2 rings (SSSR count). The van der Waals surface area contributed by atoms with E-state index in [1.807, 2.05) is 0 Å². The van der Waals surface area contributed by atoms with Crippen LogP contribution in [0.5, 0.6) is 0 Å². The van der Waals surface area contributed by atoms with E-state index in [0.717, 1.165) is 36.7 Å². The SMILES string of the molecule is CCCNc1ncnc(NCC2(C)CCC2)c1C. The third-order valence-electron chi connectivity index (χ3n) is 3.87. The van der Waals surface area contributed by atoms with Gasteiger partial charge in [-0.25, -0.2) is 9.97 Å². The van der Waals surface area contributed by atoms with E-state index in [2.05, 4.69) is 41.4 Å². The molecule has 0 unspecified atom stereocenters. The topological polar surface area (TPSA) is 49.8 Å². The van der Waals surface area contributed by atoms with E-state index in [9.17, 15) is 0 Å². The van der Waals surface area contributed by atoms with E-state index in [4.69, 9.17) is 0 Å². The molecule has 0 spiro atoms. The number of nitrogens with zero attached hydrogens (tertiary/aromatic N) is 2. The van der Waals surface area contributed by atoms with Crippen molar-refractivity contribution in [2.24, 2.45) is 5.41 Å². The minimum Gasteiger partial charge on any atom is -0.370 e. The first-order chi connectivity index (χ1) is 8.64. The van der Waals surface area contributed by atoms with Crippen LogP contribution in [-0.2, 0) is 0 Å². The van der Waals surface area contributed by atoms with E-state index in [0.29, 0.717) is 5.41 Å². The van der Waals surface area contributed by atoms with Gasteiger partial charge in [-0.2, -0.15) is 0 Å². The summed E-state index contributed by atoms with van der Waals surface area (Å²) in [6, 6.07) is 0. The van der Waals surface area contributed by atoms with E-state index < -0.39 is 0 Å². The summed E-state index contributed by atoms with van der Waals surface area (Å²) >= 11 is 0. The van der Waals surface area contributed by atoms with Crippen LogP contribution in [0.15, 0.2) is 6.33 Å². The zero-order valence-electron chi connectivity index (χ0n) is 11.7. The van der Waals surface area contributed by atoms with Crippen LogP contribution in [0.3, 0.4) is 0 Å². The Labute approximate surface area is 110 Å². The van der Waals surface area contributed by atoms with Gasteiger partial charge in [0.25, 0.3) is 0 Å². The van der Waals surface area contributed by atoms with Gasteiger partial charge in [0, 0.05) is 18.7 Å². The fourth-order valence-electron chi connectivity index (χ4n) is 2.30. The summed E-state index contributed by atoms with van der Waals surface area (Å²) in [5, 5.41) is 6.82. The average molecular weight is 248 g/mol. The normalized spacial score (nSPS) is 17.1. The minimum absolute atomic E-state index is 0.467. The number of nitrogens with one attached hydrogen (secondary N) is 2. The third-order valence-corrected chi connectivity index (χ3v) is 3.87. The second-order valence-corrected chi connectivity index (χ2v) is 5.64. The average Bonchev–Trinajstić information content (AvgIpc) is 2.34. The van der Waals surface area contributed by atoms with Crippen molar-refractivity contribution in [1.82, 2.24) is 9.97 Å². The Hall–Kier alpha value is -1.32. The summed E-state index contributed by atoms with van der Waals surface area (Å²) in [5.74, 6) is 1.92. The van der Waals surface area contributed by atoms with Crippen molar-refractivity contribution in [3.05, 3.63) is 11.9 Å². The fourth-order valence-corrected chi connectivity index (χ4v) is 2.30. The maximum Gasteiger partial charge on any atom is 0.134 e. The van der Waals surface area contributed by atoms with Gasteiger partial charge in [0.15, 0.2) is 0 Å². The monoisotopic (exact) mass is 248 g/mol. The van der Waals surface area contributed by atoms with Gasteiger partial charge in [0.05, 0.1) is 0 Å². The van der Waals surface area contributed by atoms with Crippen molar-refractivity contribution < 1.29 is 0 Å². The van der Waals surface area contributed by atoms with Crippen molar-refractivity contribution >= 4 is 11.6 Å². The quantitative estimate of drug-likeness (QED) is 0.811. The number of anilines is 2. The van der Waals surface area contributed by atoms with Crippen molar-refractivity contribution in [3.63, 3.8) is 0 Å². The Kier molecular flexibility index (Phi) is 4.04. The first-order valence-corrected chi connectivity index (χ1v) is 6.94. The van der Waals surface area contributed by atoms with Crippen LogP contribution in [0.4, 0.5) is 11.6 Å². The van der Waals surface area contributed by atoms with Crippen LogP contribution in [0.1, 0.15) is 45.1 Å². The molecule has 0 aromatic carbocycles. The molecule has 0 aliphatic heterocycles. The van der Waals surface area contributed by atoms with Gasteiger partial charge in [-0.05, 0) is 31.6 Å². The smallest absolute Gasteiger partial charge is 0.134 e. The molecule has 100 valence electrons. The standard InChI is InChI=1S/C14H24N4/c1-4-8-15-12-11(2)13(18-10-17-12)16-9-14(3)6-5-7-14/h10H,4-9H2,1-3H3,(H2,15,16,17,18). The highest BCUT2D eigenvalue weighted by atomic mass is 15.1. The highest BCUT2D eigenvalue weighted by Crippen LogP contribution is 2.40. The van der Waals surface area contributed by atoms with E-state index in [1.54, 1.807) is 6.33 Å². The van der Waals surface area contributed by atoms with Gasteiger partial charge in [0.2, 0.25) is 0 Å². The molecule has 1 aromatic rings. The molecule has 2 N–H and O–H groups in total. The van der Waals surface area contributed by atoms with Gasteiger partial charge in [-0.3, -0.25) is 0 Å². The van der Waals surface area contributed by atoms with E-state index in [-0.39, 0.29) is 0 Å². The molecule has 4 heteroatoms. The van der Waals surface area contributed by atoms with Crippen LogP contribution in [0.2, 0.25) is 0 Å². The second kappa shape index (κ2) is 5.55. The fraction of sp³-hybridized carbons (Fsp3) is 0.714. The summed E-state index contributed by atoms with van der Waals surface area (Å²) in [7, 11) is 0. The molecular weight excluding hydrogens is 224 g/mol. The molecule has 1 heterocycles. The van der Waals surface area contributed by atoms with Crippen molar-refractivity contribution in [1.29, 1.82) is 0 Å². The van der Waals surface area contributed by atoms with Crippen molar-refractivity contribution in [3.8, 4) is 0 Å². The Morgan fingerprint density at radius 3 is 2.44 bits per heavy atom. The van der Waals surface area contributed by atoms with Crippen LogP contribution in [-0.4, -0.2) is 23.1 Å². The lowest BCUT2D eigenvalue weighted by Crippen LogP contribution is -2.33. The molecule has 1 aromatic heterocycles. The molecule has 1 aliphatic rings. The van der Waals surface area contributed by atoms with Gasteiger partial charge in [-0.15, -0.1) is 0 Å². The predicted octanol–water partition coefficient (Wildman–Crippen LogP) is 3.21. The summed E-state index contributed by atoms with van der Waals surface area (Å²) in [5.41, 5.74) is 1.59. The van der Waals surface area contributed by atoms with Gasteiger partial charge < -0.3 is 10.6 Å². The first-order valence-electron chi connectivity index (χ1n) is 6.94. The maximum atomic E-state index is 4.35. The molecule has 0 radical (unpaired) electrons. The van der Waals surface area contributed by atoms with Gasteiger partial charge in [-0.1, -0.05) is 20.3 Å². The lowest BCUT2D eigenvalue weighted by molar-refractivity contribution is 0.180. The molecule has 1 aliphatic carbocycles. The van der Waals surface area contributed by atoms with E-state index >= 15 is 0 Å². The van der Waals surface area contributed by atoms with Gasteiger partial charge >= 0.3 is 0 Å². The summed E-state index contributed by atoms with van der Waals surface area (Å²) in [6.07, 6.45) is 6.75.